The van der Waals surface area contributed by atoms with Crippen molar-refractivity contribution in [2.24, 2.45) is 0 Å². The molecule has 26 heavy (non-hydrogen) atoms. The van der Waals surface area contributed by atoms with Gasteiger partial charge < -0.3 is 15.2 Å². The lowest BCUT2D eigenvalue weighted by molar-refractivity contribution is 0.102. The predicted octanol–water partition coefficient (Wildman–Crippen LogP) is 2.72. The zero-order valence-electron chi connectivity index (χ0n) is 14.0. The molecule has 0 unspecified atom stereocenters. The zero-order valence-corrected chi connectivity index (χ0v) is 14.0. The monoisotopic (exact) mass is 353 g/mol. The van der Waals surface area contributed by atoms with Crippen LogP contribution in [-0.2, 0) is 18.0 Å². The number of benzene rings is 2. The molecule has 0 aliphatic heterocycles. The van der Waals surface area contributed by atoms with Gasteiger partial charge in [-0.3, -0.25) is 0 Å². The first-order valence-corrected chi connectivity index (χ1v) is 7.96. The second-order valence-corrected chi connectivity index (χ2v) is 5.71. The van der Waals surface area contributed by atoms with Gasteiger partial charge in [-0.05, 0) is 29.8 Å². The van der Waals surface area contributed by atoms with Crippen molar-refractivity contribution >= 4 is 22.5 Å². The van der Waals surface area contributed by atoms with Crippen molar-refractivity contribution < 1.29 is 13.9 Å². The van der Waals surface area contributed by atoms with Crippen LogP contribution < -0.4 is 10.5 Å². The molecule has 0 atom stereocenters. The summed E-state index contributed by atoms with van der Waals surface area (Å²) < 4.78 is 25.4. The van der Waals surface area contributed by atoms with Crippen LogP contribution in [0.2, 0.25) is 0 Å². The lowest BCUT2D eigenvalue weighted by Gasteiger charge is -2.06. The minimum absolute atomic E-state index is 0.198. The molecule has 2 aromatic heterocycles. The highest BCUT2D eigenvalue weighted by Gasteiger charge is 2.14. The van der Waals surface area contributed by atoms with E-state index in [9.17, 15) is 4.39 Å². The first-order chi connectivity index (χ1) is 12.7. The molecule has 0 amide bonds. The second-order valence-electron chi connectivity index (χ2n) is 5.71. The van der Waals surface area contributed by atoms with Crippen molar-refractivity contribution in [2.75, 3.05) is 12.8 Å². The molecular weight excluding hydrogens is 337 g/mol. The topological polar surface area (TPSA) is 87.6 Å². The lowest BCUT2D eigenvalue weighted by atomic mass is 10.2. The Morgan fingerprint density at radius 1 is 1.08 bits per heavy atom. The minimum Gasteiger partial charge on any atom is -0.494 e. The van der Waals surface area contributed by atoms with Crippen LogP contribution in [-0.4, -0.2) is 26.7 Å². The van der Waals surface area contributed by atoms with Crippen molar-refractivity contribution in [3.05, 3.63) is 59.7 Å². The van der Waals surface area contributed by atoms with Gasteiger partial charge in [0.1, 0.15) is 23.7 Å². The van der Waals surface area contributed by atoms with Crippen LogP contribution in [0, 0.1) is 5.82 Å². The maximum Gasteiger partial charge on any atom is 0.223 e. The molecule has 7 nitrogen and oxygen atoms in total. The van der Waals surface area contributed by atoms with Crippen molar-refractivity contribution in [3.63, 3.8) is 0 Å². The number of nitrogens with zero attached hydrogens (tertiary/aromatic N) is 4. The zero-order chi connectivity index (χ0) is 18.1. The molecule has 0 aliphatic carbocycles. The van der Waals surface area contributed by atoms with Gasteiger partial charge in [-0.2, -0.15) is 4.52 Å². The highest BCUT2D eigenvalue weighted by Crippen LogP contribution is 2.27. The van der Waals surface area contributed by atoms with E-state index in [2.05, 4.69) is 15.1 Å². The van der Waals surface area contributed by atoms with Crippen LogP contribution in [0.15, 0.2) is 42.5 Å². The molecule has 2 aromatic carbocycles. The van der Waals surface area contributed by atoms with Crippen LogP contribution in [0.1, 0.15) is 11.4 Å². The number of hydrogen-bond acceptors (Lipinski definition) is 6. The summed E-state index contributed by atoms with van der Waals surface area (Å²) in [6.07, 6.45) is 0. The predicted molar refractivity (Wildman–Crippen MR) is 94.1 cm³/mol. The SMILES string of the molecule is COc1cccc2c1nc(N)n1nc(COCc3ccc(F)cc3)nc21. The van der Waals surface area contributed by atoms with Gasteiger partial charge in [-0.25, -0.2) is 14.4 Å². The van der Waals surface area contributed by atoms with Crippen molar-refractivity contribution in [1.29, 1.82) is 0 Å². The molecule has 132 valence electrons. The summed E-state index contributed by atoms with van der Waals surface area (Å²) in [6, 6.07) is 11.7. The maximum atomic E-state index is 12.9. The molecule has 4 aromatic rings. The average Bonchev–Trinajstić information content (AvgIpc) is 3.08. The number of nitrogens with two attached hydrogens (primary N) is 1. The summed E-state index contributed by atoms with van der Waals surface area (Å²) in [4.78, 5) is 8.87. The van der Waals surface area contributed by atoms with E-state index in [-0.39, 0.29) is 18.4 Å². The van der Waals surface area contributed by atoms with E-state index in [0.29, 0.717) is 29.3 Å². The van der Waals surface area contributed by atoms with Crippen LogP contribution in [0.25, 0.3) is 16.6 Å². The number of ether oxygens (including phenoxy) is 2. The van der Waals surface area contributed by atoms with Crippen molar-refractivity contribution in [2.45, 2.75) is 13.2 Å². The summed E-state index contributed by atoms with van der Waals surface area (Å²) in [7, 11) is 1.58. The number of hydrogen-bond donors (Lipinski definition) is 1. The van der Waals surface area contributed by atoms with E-state index in [0.717, 1.165) is 10.9 Å². The number of para-hydroxylation sites is 1. The third kappa shape index (κ3) is 2.91. The first-order valence-electron chi connectivity index (χ1n) is 7.96. The first kappa shape index (κ1) is 16.2. The Hall–Kier alpha value is -3.26. The van der Waals surface area contributed by atoms with Gasteiger partial charge in [0, 0.05) is 5.39 Å². The Kier molecular flexibility index (Phi) is 4.10. The molecular formula is C18H16FN5O2. The maximum absolute atomic E-state index is 12.9. The molecule has 0 saturated heterocycles. The van der Waals surface area contributed by atoms with E-state index in [1.807, 2.05) is 18.2 Å². The fourth-order valence-electron chi connectivity index (χ4n) is 2.74. The van der Waals surface area contributed by atoms with Gasteiger partial charge in [0.05, 0.1) is 13.7 Å². The summed E-state index contributed by atoms with van der Waals surface area (Å²) in [5, 5.41) is 5.14. The Balaban J connectivity index is 1.61. The number of nitrogen functional groups attached to an aromatic ring is 1. The van der Waals surface area contributed by atoms with E-state index >= 15 is 0 Å². The quantitative estimate of drug-likeness (QED) is 0.594. The van der Waals surface area contributed by atoms with E-state index < -0.39 is 0 Å². The molecule has 4 rings (SSSR count). The molecule has 0 saturated carbocycles. The van der Waals surface area contributed by atoms with Crippen molar-refractivity contribution in [3.8, 4) is 5.75 Å². The van der Waals surface area contributed by atoms with Crippen molar-refractivity contribution in [1.82, 2.24) is 19.6 Å². The smallest absolute Gasteiger partial charge is 0.223 e. The second kappa shape index (κ2) is 6.57. The van der Waals surface area contributed by atoms with Crippen LogP contribution in [0.3, 0.4) is 0 Å². The molecule has 0 bridgehead atoms. The Morgan fingerprint density at radius 3 is 2.65 bits per heavy atom. The number of halogens is 1. The molecule has 0 spiro atoms. The average molecular weight is 353 g/mol. The Morgan fingerprint density at radius 2 is 1.88 bits per heavy atom. The van der Waals surface area contributed by atoms with E-state index in [4.69, 9.17) is 15.2 Å². The number of anilines is 1. The molecule has 2 N–H and O–H groups in total. The summed E-state index contributed by atoms with van der Waals surface area (Å²) >= 11 is 0. The highest BCUT2D eigenvalue weighted by molar-refractivity contribution is 5.95. The van der Waals surface area contributed by atoms with E-state index in [1.165, 1.54) is 16.6 Å². The Labute approximate surface area is 148 Å². The van der Waals surface area contributed by atoms with Crippen LogP contribution >= 0.6 is 0 Å². The lowest BCUT2D eigenvalue weighted by Crippen LogP contribution is -2.03. The molecule has 0 fully saturated rings. The third-order valence-electron chi connectivity index (χ3n) is 3.97. The van der Waals surface area contributed by atoms with Gasteiger partial charge >= 0.3 is 0 Å². The third-order valence-corrected chi connectivity index (χ3v) is 3.97. The highest BCUT2D eigenvalue weighted by atomic mass is 19.1. The van der Waals surface area contributed by atoms with Gasteiger partial charge in [0.25, 0.3) is 0 Å². The fraction of sp³-hybridized carbons (Fsp3) is 0.167. The van der Waals surface area contributed by atoms with Gasteiger partial charge in [-0.1, -0.05) is 18.2 Å². The number of methoxy groups -OCH3 is 1. The molecule has 8 heteroatoms. The van der Waals surface area contributed by atoms with Crippen LogP contribution in [0.5, 0.6) is 5.75 Å². The molecule has 0 aliphatic rings. The molecule has 2 heterocycles. The largest absolute Gasteiger partial charge is 0.494 e. The van der Waals surface area contributed by atoms with Gasteiger partial charge in [0.2, 0.25) is 5.95 Å². The summed E-state index contributed by atoms with van der Waals surface area (Å²) in [6.45, 7) is 0.530. The van der Waals surface area contributed by atoms with Gasteiger partial charge in [0.15, 0.2) is 11.5 Å². The normalized spacial score (nSPS) is 11.3. The standard InChI is InChI=1S/C18H16FN5O2/c1-25-14-4-2-3-13-16(14)22-18(20)24-17(13)21-15(23-24)10-26-9-11-5-7-12(19)8-6-11/h2-8H,9-10H2,1H3,(H2,20,22). The Bertz CT molecular complexity index is 1080. The number of fused-ring (bicyclic) bond motifs is 3. The van der Waals surface area contributed by atoms with E-state index in [1.54, 1.807) is 19.2 Å². The number of rotatable bonds is 5. The minimum atomic E-state index is -0.277. The fourth-order valence-corrected chi connectivity index (χ4v) is 2.74. The number of aromatic nitrogens is 4. The summed E-state index contributed by atoms with van der Waals surface area (Å²) in [5.41, 5.74) is 8.10. The van der Waals surface area contributed by atoms with Gasteiger partial charge in [-0.15, -0.1) is 5.10 Å². The molecule has 0 radical (unpaired) electrons. The summed E-state index contributed by atoms with van der Waals surface area (Å²) in [5.74, 6) is 1.04. The van der Waals surface area contributed by atoms with Crippen LogP contribution in [0.4, 0.5) is 10.3 Å².